The lowest BCUT2D eigenvalue weighted by molar-refractivity contribution is -0.0504. The Morgan fingerprint density at radius 3 is 2.83 bits per heavy atom. The van der Waals surface area contributed by atoms with Gasteiger partial charge in [0.05, 0.1) is 25.3 Å². The van der Waals surface area contributed by atoms with E-state index in [1.54, 1.807) is 0 Å². The summed E-state index contributed by atoms with van der Waals surface area (Å²) in [5, 5.41) is 3.98. The molecule has 0 N–H and O–H groups in total. The quantitative estimate of drug-likeness (QED) is 0.833. The van der Waals surface area contributed by atoms with Gasteiger partial charge in [-0.1, -0.05) is 42.4 Å². The van der Waals surface area contributed by atoms with Crippen molar-refractivity contribution >= 4 is 0 Å². The molecule has 1 aromatic heterocycles. The maximum absolute atomic E-state index is 6.01. The van der Waals surface area contributed by atoms with Gasteiger partial charge in [-0.15, -0.1) is 0 Å². The summed E-state index contributed by atoms with van der Waals surface area (Å²) in [5.74, 6) is 1.49. The van der Waals surface area contributed by atoms with Crippen LogP contribution in [0.1, 0.15) is 24.2 Å². The minimum Gasteiger partial charge on any atom is -0.374 e. The molecule has 0 spiro atoms. The summed E-state index contributed by atoms with van der Waals surface area (Å²) >= 11 is 0. The third-order valence-corrected chi connectivity index (χ3v) is 4.91. The second-order valence-corrected chi connectivity index (χ2v) is 6.58. The Labute approximate surface area is 142 Å². The molecule has 6 nitrogen and oxygen atoms in total. The van der Waals surface area contributed by atoms with Crippen molar-refractivity contribution in [2.75, 3.05) is 26.2 Å². The molecule has 2 fully saturated rings. The van der Waals surface area contributed by atoms with Crippen molar-refractivity contribution in [2.24, 2.45) is 0 Å². The fourth-order valence-corrected chi connectivity index (χ4v) is 3.67. The first-order valence-electron chi connectivity index (χ1n) is 8.75. The highest BCUT2D eigenvalue weighted by Gasteiger charge is 2.40. The van der Waals surface area contributed by atoms with E-state index in [1.165, 1.54) is 5.56 Å². The van der Waals surface area contributed by atoms with Gasteiger partial charge in [0.2, 0.25) is 5.89 Å². The number of benzene rings is 1. The molecule has 0 radical (unpaired) electrons. The number of ether oxygens (including phenoxy) is 1. The van der Waals surface area contributed by atoms with Gasteiger partial charge >= 0.3 is 0 Å². The minimum atomic E-state index is 0.274. The first-order valence-corrected chi connectivity index (χ1v) is 8.75. The second kappa shape index (κ2) is 7.01. The van der Waals surface area contributed by atoms with Gasteiger partial charge in [-0.3, -0.25) is 9.80 Å². The Hall–Kier alpha value is -1.76. The minimum absolute atomic E-state index is 0.274. The van der Waals surface area contributed by atoms with Gasteiger partial charge in [-0.25, -0.2) is 0 Å². The van der Waals surface area contributed by atoms with Crippen LogP contribution in [-0.4, -0.2) is 58.3 Å². The average Bonchev–Trinajstić information content (AvgIpc) is 3.23. The summed E-state index contributed by atoms with van der Waals surface area (Å²) in [6.45, 7) is 7.45. The normalized spacial score (nSPS) is 25.0. The van der Waals surface area contributed by atoms with E-state index in [4.69, 9.17) is 9.26 Å². The van der Waals surface area contributed by atoms with E-state index in [1.807, 2.05) is 6.92 Å². The summed E-state index contributed by atoms with van der Waals surface area (Å²) in [5.41, 5.74) is 1.36. The predicted octanol–water partition coefficient (Wildman–Crippen LogP) is 1.72. The summed E-state index contributed by atoms with van der Waals surface area (Å²) in [4.78, 5) is 9.34. The number of fused-ring (bicyclic) bond motifs is 1. The molecular weight excluding hydrogens is 304 g/mol. The lowest BCUT2D eigenvalue weighted by Crippen LogP contribution is -2.50. The van der Waals surface area contributed by atoms with Crippen LogP contribution in [0.3, 0.4) is 0 Å². The third kappa shape index (κ3) is 3.36. The van der Waals surface area contributed by atoms with Gasteiger partial charge in [0, 0.05) is 32.6 Å². The molecule has 0 amide bonds. The maximum atomic E-state index is 6.01. The van der Waals surface area contributed by atoms with Crippen LogP contribution in [0.15, 0.2) is 34.9 Å². The van der Waals surface area contributed by atoms with Gasteiger partial charge in [-0.2, -0.15) is 4.98 Å². The SMILES string of the molecule is CCc1noc(CN2C[C@@H]3OCCN(Cc4ccccc4)[C@H]3C2)n1. The Kier molecular flexibility index (Phi) is 4.60. The lowest BCUT2D eigenvalue weighted by atomic mass is 10.1. The fraction of sp³-hybridized carbons (Fsp3) is 0.556. The molecule has 2 aliphatic rings. The van der Waals surface area contributed by atoms with Crippen LogP contribution in [0.2, 0.25) is 0 Å². The topological polar surface area (TPSA) is 54.6 Å². The van der Waals surface area contributed by atoms with Crippen LogP contribution < -0.4 is 0 Å². The number of aryl methyl sites for hydroxylation is 1. The third-order valence-electron chi connectivity index (χ3n) is 4.91. The zero-order chi connectivity index (χ0) is 16.4. The molecule has 0 saturated carbocycles. The zero-order valence-corrected chi connectivity index (χ0v) is 14.1. The molecule has 2 aliphatic heterocycles. The summed E-state index contributed by atoms with van der Waals surface area (Å²) in [6.07, 6.45) is 1.08. The Morgan fingerprint density at radius 2 is 2.04 bits per heavy atom. The Morgan fingerprint density at radius 1 is 1.17 bits per heavy atom. The molecule has 3 heterocycles. The molecule has 4 rings (SSSR count). The first-order chi connectivity index (χ1) is 11.8. The van der Waals surface area contributed by atoms with Crippen molar-refractivity contribution in [1.29, 1.82) is 0 Å². The summed E-state index contributed by atoms with van der Waals surface area (Å²) < 4.78 is 11.4. The van der Waals surface area contributed by atoms with Crippen LogP contribution in [0.5, 0.6) is 0 Å². The highest BCUT2D eigenvalue weighted by Crippen LogP contribution is 2.25. The molecule has 2 atom stereocenters. The molecule has 24 heavy (non-hydrogen) atoms. The van der Waals surface area contributed by atoms with Crippen LogP contribution in [0, 0.1) is 0 Å². The molecule has 2 aromatic rings. The molecule has 128 valence electrons. The fourth-order valence-electron chi connectivity index (χ4n) is 3.67. The van der Waals surface area contributed by atoms with Crippen molar-refractivity contribution in [3.8, 4) is 0 Å². The van der Waals surface area contributed by atoms with Crippen LogP contribution in [0.25, 0.3) is 0 Å². The maximum Gasteiger partial charge on any atom is 0.240 e. The largest absolute Gasteiger partial charge is 0.374 e. The predicted molar refractivity (Wildman–Crippen MR) is 89.3 cm³/mol. The van der Waals surface area contributed by atoms with Gasteiger partial charge in [-0.05, 0) is 5.56 Å². The van der Waals surface area contributed by atoms with Crippen LogP contribution in [0.4, 0.5) is 0 Å². The molecule has 0 unspecified atom stereocenters. The molecule has 6 heteroatoms. The van der Waals surface area contributed by atoms with E-state index in [2.05, 4.69) is 50.3 Å². The van der Waals surface area contributed by atoms with E-state index in [9.17, 15) is 0 Å². The van der Waals surface area contributed by atoms with E-state index < -0.39 is 0 Å². The first kappa shape index (κ1) is 15.7. The van der Waals surface area contributed by atoms with Crippen LogP contribution in [-0.2, 0) is 24.2 Å². The highest BCUT2D eigenvalue weighted by atomic mass is 16.5. The standard InChI is InChI=1S/C18H24N4O2/c1-2-17-19-18(24-20-17)13-21-11-15-16(12-21)23-9-8-22(15)10-14-6-4-3-5-7-14/h3-7,15-16H,2,8-13H2,1H3/t15-,16-/m0/s1. The van der Waals surface area contributed by atoms with Crippen molar-refractivity contribution in [2.45, 2.75) is 38.6 Å². The zero-order valence-electron chi connectivity index (χ0n) is 14.1. The smallest absolute Gasteiger partial charge is 0.240 e. The lowest BCUT2D eigenvalue weighted by Gasteiger charge is -2.37. The summed E-state index contributed by atoms with van der Waals surface area (Å²) in [6, 6.07) is 11.1. The Bertz CT molecular complexity index is 660. The van der Waals surface area contributed by atoms with Gasteiger partial charge in [0.1, 0.15) is 0 Å². The van der Waals surface area contributed by atoms with E-state index in [-0.39, 0.29) is 6.10 Å². The van der Waals surface area contributed by atoms with E-state index >= 15 is 0 Å². The van der Waals surface area contributed by atoms with Gasteiger partial charge in [0.25, 0.3) is 0 Å². The number of hydrogen-bond acceptors (Lipinski definition) is 6. The highest BCUT2D eigenvalue weighted by molar-refractivity contribution is 5.15. The van der Waals surface area contributed by atoms with Crippen molar-refractivity contribution in [3.63, 3.8) is 0 Å². The van der Waals surface area contributed by atoms with Crippen molar-refractivity contribution < 1.29 is 9.26 Å². The number of morpholine rings is 1. The molecule has 0 aliphatic carbocycles. The number of hydrogen-bond donors (Lipinski definition) is 0. The number of rotatable bonds is 5. The van der Waals surface area contributed by atoms with Crippen molar-refractivity contribution in [3.05, 3.63) is 47.6 Å². The number of nitrogens with zero attached hydrogens (tertiary/aromatic N) is 4. The monoisotopic (exact) mass is 328 g/mol. The molecular formula is C18H24N4O2. The molecule has 2 saturated heterocycles. The summed E-state index contributed by atoms with van der Waals surface area (Å²) in [7, 11) is 0. The average molecular weight is 328 g/mol. The number of aromatic nitrogens is 2. The van der Waals surface area contributed by atoms with Crippen LogP contribution >= 0.6 is 0 Å². The van der Waals surface area contributed by atoms with Gasteiger partial charge in [0.15, 0.2) is 5.82 Å². The second-order valence-electron chi connectivity index (χ2n) is 6.58. The van der Waals surface area contributed by atoms with E-state index in [0.717, 1.165) is 45.0 Å². The molecule has 1 aromatic carbocycles. The Balaban J connectivity index is 1.40. The van der Waals surface area contributed by atoms with Crippen molar-refractivity contribution in [1.82, 2.24) is 19.9 Å². The molecule has 0 bridgehead atoms. The number of likely N-dealkylation sites (tertiary alicyclic amines) is 1. The van der Waals surface area contributed by atoms with E-state index in [0.29, 0.717) is 18.5 Å². The van der Waals surface area contributed by atoms with Gasteiger partial charge < -0.3 is 9.26 Å².